The molecule has 0 unspecified atom stereocenters. The fourth-order valence-electron chi connectivity index (χ4n) is 3.87. The molecule has 1 aliphatic heterocycles. The highest BCUT2D eigenvalue weighted by Crippen LogP contribution is 2.40. The number of carboxylic acids is 1. The van der Waals surface area contributed by atoms with Crippen molar-refractivity contribution >= 4 is 17.3 Å². The third-order valence-electron chi connectivity index (χ3n) is 4.91. The molecule has 0 amide bonds. The molecular formula is C16H24N2O2S. The lowest BCUT2D eigenvalue weighted by Gasteiger charge is -2.32. The first-order valence-electron chi connectivity index (χ1n) is 7.99. The average Bonchev–Trinajstić information content (AvgIpc) is 3.05. The van der Waals surface area contributed by atoms with E-state index in [0.717, 1.165) is 23.5 Å². The quantitative estimate of drug-likeness (QED) is 0.925. The lowest BCUT2D eigenvalue weighted by molar-refractivity contribution is -0.142. The number of nitrogens with zero attached hydrogens (tertiary/aromatic N) is 2. The van der Waals surface area contributed by atoms with Gasteiger partial charge in [-0.15, -0.1) is 11.3 Å². The normalized spacial score (nSPS) is 29.8. The van der Waals surface area contributed by atoms with E-state index in [0.29, 0.717) is 24.4 Å². The summed E-state index contributed by atoms with van der Waals surface area (Å²) in [5.74, 6) is 0.354. The molecule has 1 aromatic rings. The Bertz CT molecular complexity index is 514. The molecule has 1 N–H and O–H groups in total. The van der Waals surface area contributed by atoms with Gasteiger partial charge in [0.25, 0.3) is 0 Å². The molecule has 116 valence electrons. The molecule has 21 heavy (non-hydrogen) atoms. The third kappa shape index (κ3) is 2.99. The van der Waals surface area contributed by atoms with Crippen LogP contribution in [0.2, 0.25) is 0 Å². The standard InChI is InChI=1S/C16H24N2O2S/c1-10(2)15-17-12(9-21-15)8-18-13-6-4-3-5-11(13)7-14(18)16(19)20/h9-11,13-14H,3-8H2,1-2H3,(H,19,20)/t11-,13-,14+/m1/s1. The van der Waals surface area contributed by atoms with Crippen molar-refractivity contribution in [2.75, 3.05) is 0 Å². The van der Waals surface area contributed by atoms with Crippen molar-refractivity contribution in [1.82, 2.24) is 9.88 Å². The van der Waals surface area contributed by atoms with E-state index in [1.54, 1.807) is 11.3 Å². The fraction of sp³-hybridized carbons (Fsp3) is 0.750. The third-order valence-corrected chi connectivity index (χ3v) is 6.11. The molecule has 5 heteroatoms. The molecule has 0 spiro atoms. The van der Waals surface area contributed by atoms with Gasteiger partial charge in [0.1, 0.15) is 6.04 Å². The maximum atomic E-state index is 11.6. The maximum Gasteiger partial charge on any atom is 0.320 e. The second kappa shape index (κ2) is 6.05. The Balaban J connectivity index is 1.78. The molecule has 1 aromatic heterocycles. The summed E-state index contributed by atoms with van der Waals surface area (Å²) in [6.07, 6.45) is 5.66. The van der Waals surface area contributed by atoms with E-state index in [1.807, 2.05) is 0 Å². The van der Waals surface area contributed by atoms with Crippen LogP contribution in [0.15, 0.2) is 5.38 Å². The summed E-state index contributed by atoms with van der Waals surface area (Å²) >= 11 is 1.69. The molecule has 1 aliphatic carbocycles. The number of hydrogen-bond acceptors (Lipinski definition) is 4. The minimum atomic E-state index is -0.663. The molecule has 3 rings (SSSR count). The van der Waals surface area contributed by atoms with Crippen molar-refractivity contribution < 1.29 is 9.90 Å². The van der Waals surface area contributed by atoms with Crippen molar-refractivity contribution in [3.8, 4) is 0 Å². The molecule has 0 aromatic carbocycles. The number of carboxylic acid groups (broad SMARTS) is 1. The van der Waals surface area contributed by atoms with Crippen LogP contribution in [0, 0.1) is 5.92 Å². The Labute approximate surface area is 130 Å². The number of hydrogen-bond donors (Lipinski definition) is 1. The van der Waals surface area contributed by atoms with Crippen LogP contribution in [0.25, 0.3) is 0 Å². The molecule has 4 nitrogen and oxygen atoms in total. The minimum absolute atomic E-state index is 0.317. The average molecular weight is 308 g/mol. The fourth-order valence-corrected chi connectivity index (χ4v) is 4.70. The van der Waals surface area contributed by atoms with Gasteiger partial charge in [0.05, 0.1) is 10.7 Å². The van der Waals surface area contributed by atoms with E-state index < -0.39 is 5.97 Å². The minimum Gasteiger partial charge on any atom is -0.480 e. The van der Waals surface area contributed by atoms with Gasteiger partial charge in [-0.25, -0.2) is 4.98 Å². The highest BCUT2D eigenvalue weighted by molar-refractivity contribution is 7.09. The summed E-state index contributed by atoms with van der Waals surface area (Å²) in [4.78, 5) is 18.5. The van der Waals surface area contributed by atoms with Gasteiger partial charge >= 0.3 is 5.97 Å². The second-order valence-corrected chi connectivity index (χ2v) is 7.60. The predicted molar refractivity (Wildman–Crippen MR) is 83.5 cm³/mol. The van der Waals surface area contributed by atoms with Crippen molar-refractivity contribution in [3.63, 3.8) is 0 Å². The molecule has 2 aliphatic rings. The van der Waals surface area contributed by atoms with Crippen LogP contribution in [0.5, 0.6) is 0 Å². The summed E-state index contributed by atoms with van der Waals surface area (Å²) in [5, 5.41) is 12.8. The Morgan fingerprint density at radius 2 is 2.24 bits per heavy atom. The van der Waals surface area contributed by atoms with E-state index in [9.17, 15) is 9.90 Å². The molecule has 2 fully saturated rings. The van der Waals surface area contributed by atoms with Crippen molar-refractivity contribution in [2.45, 2.75) is 70.5 Å². The van der Waals surface area contributed by atoms with Crippen LogP contribution in [0.4, 0.5) is 0 Å². The summed E-state index contributed by atoms with van der Waals surface area (Å²) in [6.45, 7) is 4.99. The second-order valence-electron chi connectivity index (χ2n) is 6.71. The summed E-state index contributed by atoms with van der Waals surface area (Å²) in [5.41, 5.74) is 1.04. The van der Waals surface area contributed by atoms with Gasteiger partial charge in [-0.2, -0.15) is 0 Å². The largest absolute Gasteiger partial charge is 0.480 e. The van der Waals surface area contributed by atoms with Crippen LogP contribution in [0.3, 0.4) is 0 Å². The van der Waals surface area contributed by atoms with Crippen LogP contribution in [-0.4, -0.2) is 33.0 Å². The Morgan fingerprint density at radius 1 is 1.48 bits per heavy atom. The first kappa shape index (κ1) is 15.0. The zero-order valence-corrected chi connectivity index (χ0v) is 13.6. The van der Waals surface area contributed by atoms with E-state index in [-0.39, 0.29) is 6.04 Å². The highest BCUT2D eigenvalue weighted by atomic mass is 32.1. The van der Waals surface area contributed by atoms with Crippen molar-refractivity contribution in [3.05, 3.63) is 16.1 Å². The van der Waals surface area contributed by atoms with E-state index in [2.05, 4.69) is 29.1 Å². The van der Waals surface area contributed by atoms with Crippen LogP contribution in [-0.2, 0) is 11.3 Å². The van der Waals surface area contributed by atoms with E-state index in [4.69, 9.17) is 0 Å². The topological polar surface area (TPSA) is 53.4 Å². The number of carbonyl (C=O) groups is 1. The van der Waals surface area contributed by atoms with Crippen LogP contribution in [0.1, 0.15) is 62.6 Å². The summed E-state index contributed by atoms with van der Waals surface area (Å²) < 4.78 is 0. The molecular weight excluding hydrogens is 284 g/mol. The van der Waals surface area contributed by atoms with Gasteiger partial charge < -0.3 is 5.11 Å². The molecule has 0 bridgehead atoms. The zero-order valence-electron chi connectivity index (χ0n) is 12.8. The summed E-state index contributed by atoms with van der Waals surface area (Å²) in [7, 11) is 0. The van der Waals surface area contributed by atoms with Crippen LogP contribution >= 0.6 is 11.3 Å². The number of aliphatic carboxylic acids is 1. The number of rotatable bonds is 4. The molecule has 2 heterocycles. The van der Waals surface area contributed by atoms with Gasteiger partial charge in [-0.1, -0.05) is 26.7 Å². The predicted octanol–water partition coefficient (Wildman–Crippen LogP) is 3.48. The Morgan fingerprint density at radius 3 is 2.90 bits per heavy atom. The Hall–Kier alpha value is -0.940. The van der Waals surface area contributed by atoms with Gasteiger partial charge in [0.2, 0.25) is 0 Å². The number of likely N-dealkylation sites (tertiary alicyclic amines) is 1. The lowest BCUT2D eigenvalue weighted by atomic mass is 9.85. The summed E-state index contributed by atoms with van der Waals surface area (Å²) in [6, 6.07) is 0.131. The molecule has 1 saturated heterocycles. The first-order valence-corrected chi connectivity index (χ1v) is 8.87. The zero-order chi connectivity index (χ0) is 15.0. The number of thiazole rings is 1. The van der Waals surface area contributed by atoms with Crippen molar-refractivity contribution in [1.29, 1.82) is 0 Å². The highest BCUT2D eigenvalue weighted by Gasteiger charge is 2.45. The van der Waals surface area contributed by atoms with Gasteiger partial charge in [0.15, 0.2) is 0 Å². The maximum absolute atomic E-state index is 11.6. The van der Waals surface area contributed by atoms with Crippen LogP contribution < -0.4 is 0 Å². The van der Waals surface area contributed by atoms with E-state index >= 15 is 0 Å². The first-order chi connectivity index (χ1) is 10.1. The number of aromatic nitrogens is 1. The molecule has 3 atom stereocenters. The van der Waals surface area contributed by atoms with Gasteiger partial charge in [0, 0.05) is 23.9 Å². The smallest absolute Gasteiger partial charge is 0.320 e. The monoisotopic (exact) mass is 308 g/mol. The molecule has 1 saturated carbocycles. The van der Waals surface area contributed by atoms with Gasteiger partial charge in [-0.05, 0) is 25.2 Å². The SMILES string of the molecule is CC(C)c1nc(CN2[C@@H]3CCCC[C@@H]3C[C@H]2C(=O)O)cs1. The number of fused-ring (bicyclic) bond motifs is 1. The lowest BCUT2D eigenvalue weighted by Crippen LogP contribution is -2.41. The van der Waals surface area contributed by atoms with E-state index in [1.165, 1.54) is 19.3 Å². The molecule has 0 radical (unpaired) electrons. The Kier molecular flexibility index (Phi) is 4.31. The van der Waals surface area contributed by atoms with Crippen molar-refractivity contribution in [2.24, 2.45) is 5.92 Å². The van der Waals surface area contributed by atoms with Gasteiger partial charge in [-0.3, -0.25) is 9.69 Å².